The third kappa shape index (κ3) is 2.04. The number of hydrogen-bond acceptors (Lipinski definition) is 0. The van der Waals surface area contributed by atoms with E-state index in [-0.39, 0.29) is 33.7 Å². The Morgan fingerprint density at radius 1 is 0.952 bits per heavy atom. The largest absolute Gasteiger partial charge is 0.207 e. The van der Waals surface area contributed by atoms with E-state index in [4.69, 9.17) is 0 Å². The molecule has 3 unspecified atom stereocenters. The summed E-state index contributed by atoms with van der Waals surface area (Å²) in [7, 11) is -0.321. The van der Waals surface area contributed by atoms with Crippen LogP contribution in [-0.4, -0.2) is 5.25 Å². The normalized spacial score (nSPS) is 26.2. The third-order valence-corrected chi connectivity index (χ3v) is 6.56. The van der Waals surface area contributed by atoms with Crippen LogP contribution >= 0.6 is 0 Å². The van der Waals surface area contributed by atoms with Gasteiger partial charge >= 0.3 is 0 Å². The van der Waals surface area contributed by atoms with Gasteiger partial charge < -0.3 is 0 Å². The van der Waals surface area contributed by atoms with Crippen molar-refractivity contribution in [2.75, 3.05) is 0 Å². The van der Waals surface area contributed by atoms with Crippen LogP contribution in [0, 0.1) is 5.82 Å². The van der Waals surface area contributed by atoms with Crippen LogP contribution in [0.5, 0.6) is 0 Å². The van der Waals surface area contributed by atoms with Crippen molar-refractivity contribution in [3.05, 3.63) is 84.0 Å². The second-order valence-corrected chi connectivity index (χ2v) is 7.37. The van der Waals surface area contributed by atoms with E-state index in [1.165, 1.54) is 12.1 Å². The minimum atomic E-state index is -0.321. The summed E-state index contributed by atoms with van der Waals surface area (Å²) < 4.78 is 27.4. The van der Waals surface area contributed by atoms with Gasteiger partial charge in [-0.2, -0.15) is 0 Å². The first-order chi connectivity index (χ1) is 10.2. The third-order valence-electron chi connectivity index (χ3n) is 3.98. The van der Waals surface area contributed by atoms with Crippen LogP contribution in [0.2, 0.25) is 0 Å². The van der Waals surface area contributed by atoms with E-state index in [9.17, 15) is 8.78 Å². The molecule has 1 heterocycles. The van der Waals surface area contributed by atoms with Crippen LogP contribution in [0.4, 0.5) is 8.78 Å². The number of allylic oxidation sites excluding steroid dienone is 3. The Labute approximate surface area is 125 Å². The molecule has 3 heteroatoms. The van der Waals surface area contributed by atoms with Gasteiger partial charge in [0.05, 0.1) is 16.8 Å². The zero-order valence-corrected chi connectivity index (χ0v) is 12.0. The molecule has 21 heavy (non-hydrogen) atoms. The van der Waals surface area contributed by atoms with Crippen LogP contribution < -0.4 is 0 Å². The molecule has 0 nitrogen and oxygen atoms in total. The highest BCUT2D eigenvalue weighted by Gasteiger charge is 2.50. The summed E-state index contributed by atoms with van der Waals surface area (Å²) in [6, 6.07) is 15.0. The molecule has 0 aromatic heterocycles. The molecule has 1 aliphatic heterocycles. The van der Waals surface area contributed by atoms with Gasteiger partial charge in [0.1, 0.15) is 11.6 Å². The Morgan fingerprint density at radius 2 is 1.76 bits per heavy atom. The van der Waals surface area contributed by atoms with Crippen molar-refractivity contribution in [2.24, 2.45) is 0 Å². The number of halogens is 2. The second-order valence-electron chi connectivity index (χ2n) is 5.23. The monoisotopic (exact) mass is 299 g/mol. The van der Waals surface area contributed by atoms with E-state index >= 15 is 0 Å². The minimum Gasteiger partial charge on any atom is -0.207 e. The molecule has 4 rings (SSSR count). The molecular weight excluding hydrogens is 286 g/mol. The summed E-state index contributed by atoms with van der Waals surface area (Å²) in [4.78, 5) is 2.14. The topological polar surface area (TPSA) is 0 Å². The first-order valence-electron chi connectivity index (χ1n) is 6.87. The summed E-state index contributed by atoms with van der Waals surface area (Å²) in [5.74, 6) is -0.282. The van der Waals surface area contributed by atoms with Crippen molar-refractivity contribution in [2.45, 2.75) is 21.0 Å². The van der Waals surface area contributed by atoms with Crippen LogP contribution in [-0.2, 0) is 10.9 Å². The van der Waals surface area contributed by atoms with E-state index in [0.29, 0.717) is 0 Å². The highest BCUT2D eigenvalue weighted by atomic mass is 32.2. The predicted molar refractivity (Wildman–Crippen MR) is 81.6 cm³/mol. The average molecular weight is 299 g/mol. The van der Waals surface area contributed by atoms with Crippen LogP contribution in [0.15, 0.2) is 82.4 Å². The Morgan fingerprint density at radius 3 is 2.57 bits per heavy atom. The lowest BCUT2D eigenvalue weighted by molar-refractivity contribution is 0.622. The number of rotatable bonds is 1. The average Bonchev–Trinajstić information content (AvgIpc) is 2.80. The zero-order valence-electron chi connectivity index (χ0n) is 11.2. The van der Waals surface area contributed by atoms with Gasteiger partial charge in [0.15, 0.2) is 15.0 Å². The molecule has 2 aromatic carbocycles. The van der Waals surface area contributed by atoms with Gasteiger partial charge in [0.2, 0.25) is 0 Å². The molecule has 0 saturated carbocycles. The number of hydrogen-bond donors (Lipinski definition) is 0. The fraction of sp³-hybridized carbons (Fsp3) is 0.111. The Hall–Kier alpha value is -1.87. The van der Waals surface area contributed by atoms with Gasteiger partial charge in [0.25, 0.3) is 0 Å². The summed E-state index contributed by atoms with van der Waals surface area (Å²) in [6.45, 7) is 0. The molecule has 104 valence electrons. The van der Waals surface area contributed by atoms with Crippen molar-refractivity contribution < 1.29 is 8.78 Å². The summed E-state index contributed by atoms with van der Waals surface area (Å²) in [6.07, 6.45) is 5.12. The van der Waals surface area contributed by atoms with Gasteiger partial charge in [-0.3, -0.25) is 0 Å². The molecule has 3 atom stereocenters. The molecule has 0 N–H and O–H groups in total. The highest BCUT2D eigenvalue weighted by Crippen LogP contribution is 2.48. The molecule has 0 fully saturated rings. The molecule has 2 aliphatic rings. The van der Waals surface area contributed by atoms with Gasteiger partial charge in [0, 0.05) is 17.7 Å². The fourth-order valence-corrected chi connectivity index (χ4v) is 5.89. The smallest absolute Gasteiger partial charge is 0.168 e. The first-order valence-corrected chi connectivity index (χ1v) is 8.16. The molecule has 2 aromatic rings. The Bertz CT molecular complexity index is 749. The molecule has 0 amide bonds. The van der Waals surface area contributed by atoms with E-state index < -0.39 is 0 Å². The van der Waals surface area contributed by atoms with Crippen molar-refractivity contribution in [3.63, 3.8) is 0 Å². The van der Waals surface area contributed by atoms with Crippen molar-refractivity contribution in [3.8, 4) is 0 Å². The lowest BCUT2D eigenvalue weighted by Crippen LogP contribution is -2.20. The quantitative estimate of drug-likeness (QED) is 0.667. The van der Waals surface area contributed by atoms with E-state index in [0.717, 1.165) is 15.4 Å². The maximum absolute atomic E-state index is 13.7. The van der Waals surface area contributed by atoms with E-state index in [2.05, 4.69) is 0 Å². The first kappa shape index (κ1) is 12.8. The van der Waals surface area contributed by atoms with Crippen molar-refractivity contribution in [1.82, 2.24) is 0 Å². The summed E-state index contributed by atoms with van der Waals surface area (Å²) in [5, 5.41) is 0.0502. The van der Waals surface area contributed by atoms with Crippen LogP contribution in [0.25, 0.3) is 0 Å². The van der Waals surface area contributed by atoms with E-state index in [1.54, 1.807) is 12.1 Å². The van der Waals surface area contributed by atoms with E-state index in [1.807, 2.05) is 42.5 Å². The summed E-state index contributed by atoms with van der Waals surface area (Å²) >= 11 is 0. The van der Waals surface area contributed by atoms with Crippen molar-refractivity contribution >= 4 is 10.9 Å². The van der Waals surface area contributed by atoms with Gasteiger partial charge in [-0.1, -0.05) is 30.3 Å². The summed E-state index contributed by atoms with van der Waals surface area (Å²) in [5.41, 5.74) is 1.12. The lowest BCUT2D eigenvalue weighted by atomic mass is 9.92. The van der Waals surface area contributed by atoms with Crippen LogP contribution in [0.1, 0.15) is 11.5 Å². The van der Waals surface area contributed by atoms with Gasteiger partial charge in [-0.05, 0) is 24.3 Å². The van der Waals surface area contributed by atoms with Crippen molar-refractivity contribution in [1.29, 1.82) is 0 Å². The lowest BCUT2D eigenvalue weighted by Gasteiger charge is -2.15. The van der Waals surface area contributed by atoms with Crippen LogP contribution in [0.3, 0.4) is 0 Å². The fourth-order valence-electron chi connectivity index (χ4n) is 3.09. The Kier molecular flexibility index (Phi) is 2.96. The molecule has 1 aliphatic carbocycles. The van der Waals surface area contributed by atoms with Gasteiger partial charge in [-0.25, -0.2) is 8.78 Å². The minimum absolute atomic E-state index is 0.0502. The number of benzene rings is 2. The zero-order chi connectivity index (χ0) is 14.4. The standard InChI is InChI=1S/C18H13F2S/c19-12-6-8-15-16-9-7-13(20)11-18(16)21(17(15)10-12)14-4-2-1-3-5-14/h1-11,15,17H/q+1. The Balaban J connectivity index is 1.92. The van der Waals surface area contributed by atoms with Gasteiger partial charge in [-0.15, -0.1) is 0 Å². The molecule has 0 radical (unpaired) electrons. The molecule has 0 spiro atoms. The highest BCUT2D eigenvalue weighted by molar-refractivity contribution is 7.98. The molecule has 0 bridgehead atoms. The maximum atomic E-state index is 13.7. The predicted octanol–water partition coefficient (Wildman–Crippen LogP) is 4.75. The maximum Gasteiger partial charge on any atom is 0.168 e. The molecule has 0 saturated heterocycles. The second kappa shape index (κ2) is 4.85. The SMILES string of the molecule is FC1=CC2C(C=C1)c1ccc(F)cc1[S+]2c1ccccc1. The number of fused-ring (bicyclic) bond motifs is 3. The molecular formula is C18H13F2S+.